The van der Waals surface area contributed by atoms with Crippen LogP contribution in [-0.2, 0) is 20.9 Å². The fourth-order valence-electron chi connectivity index (χ4n) is 4.21. The predicted molar refractivity (Wildman–Crippen MR) is 136 cm³/mol. The highest BCUT2D eigenvalue weighted by molar-refractivity contribution is 5.91. The van der Waals surface area contributed by atoms with Gasteiger partial charge in [0.1, 0.15) is 18.2 Å². The summed E-state index contributed by atoms with van der Waals surface area (Å²) >= 11 is 0. The Morgan fingerprint density at radius 2 is 1.71 bits per heavy atom. The molecule has 7 heteroatoms. The molecular weight excluding hydrogens is 442 g/mol. The lowest BCUT2D eigenvalue weighted by atomic mass is 9.87. The van der Waals surface area contributed by atoms with E-state index in [9.17, 15) is 14.4 Å². The lowest BCUT2D eigenvalue weighted by molar-refractivity contribution is -0.145. The fourth-order valence-corrected chi connectivity index (χ4v) is 4.21. The number of ether oxygens (including phenoxy) is 1. The van der Waals surface area contributed by atoms with E-state index in [-0.39, 0.29) is 24.4 Å². The molecule has 0 radical (unpaired) electrons. The van der Waals surface area contributed by atoms with Crippen molar-refractivity contribution < 1.29 is 19.1 Å². The van der Waals surface area contributed by atoms with Crippen LogP contribution in [0.3, 0.4) is 0 Å². The maximum Gasteiger partial charge on any atom is 0.408 e. The lowest BCUT2D eigenvalue weighted by Gasteiger charge is -2.42. The van der Waals surface area contributed by atoms with Gasteiger partial charge in [0, 0.05) is 12.6 Å². The summed E-state index contributed by atoms with van der Waals surface area (Å²) in [6.07, 6.45) is 1.99. The van der Waals surface area contributed by atoms with Gasteiger partial charge in [-0.3, -0.25) is 9.59 Å². The van der Waals surface area contributed by atoms with E-state index < -0.39 is 17.7 Å². The Morgan fingerprint density at radius 3 is 2.29 bits per heavy atom. The number of nitrogens with one attached hydrogen (secondary N) is 2. The van der Waals surface area contributed by atoms with Crippen LogP contribution in [0.4, 0.5) is 4.79 Å². The monoisotopic (exact) mass is 479 g/mol. The number of hydrogen-bond donors (Lipinski definition) is 2. The zero-order chi connectivity index (χ0) is 25.6. The van der Waals surface area contributed by atoms with Crippen LogP contribution in [0.5, 0.6) is 0 Å². The van der Waals surface area contributed by atoms with Gasteiger partial charge in [-0.15, -0.1) is 0 Å². The summed E-state index contributed by atoms with van der Waals surface area (Å²) in [7, 11) is 0. The Bertz CT molecular complexity index is 1040. The van der Waals surface area contributed by atoms with Gasteiger partial charge in [-0.1, -0.05) is 54.1 Å². The normalized spacial score (nSPS) is 14.4. The average molecular weight is 480 g/mol. The standard InChI is InChI=1S/C28H37N3O4/c1-19-14-15-23(20(2)16-19)25(26(33)29-17-21-10-7-6-8-11-21)31(22-12-9-13-22)24(32)18-30-27(34)35-28(3,4)5/h6-8,10-11,14-16,22,25H,9,12-13,17-18H2,1-5H3,(H,29,33)(H,30,34). The summed E-state index contributed by atoms with van der Waals surface area (Å²) in [5.74, 6) is -0.543. The molecule has 3 rings (SSSR count). The van der Waals surface area contributed by atoms with Crippen molar-refractivity contribution in [2.75, 3.05) is 6.54 Å². The molecular formula is C28H37N3O4. The zero-order valence-corrected chi connectivity index (χ0v) is 21.4. The number of benzene rings is 2. The van der Waals surface area contributed by atoms with Gasteiger partial charge >= 0.3 is 6.09 Å². The molecule has 3 amide bonds. The number of carbonyl (C=O) groups is 3. The van der Waals surface area contributed by atoms with Crippen molar-refractivity contribution in [1.82, 2.24) is 15.5 Å². The van der Waals surface area contributed by atoms with Crippen LogP contribution in [0.1, 0.15) is 68.3 Å². The summed E-state index contributed by atoms with van der Waals surface area (Å²) in [5.41, 5.74) is 3.14. The van der Waals surface area contributed by atoms with Crippen molar-refractivity contribution in [2.24, 2.45) is 0 Å². The SMILES string of the molecule is Cc1ccc(C(C(=O)NCc2ccccc2)N(C(=O)CNC(=O)OC(C)(C)C)C2CCC2)c(C)c1. The maximum absolute atomic E-state index is 13.7. The molecule has 0 aliphatic heterocycles. The van der Waals surface area contributed by atoms with E-state index in [0.717, 1.165) is 41.5 Å². The first-order valence-electron chi connectivity index (χ1n) is 12.2. The van der Waals surface area contributed by atoms with Crippen LogP contribution in [-0.4, -0.2) is 41.0 Å². The zero-order valence-electron chi connectivity index (χ0n) is 21.4. The third-order valence-electron chi connectivity index (χ3n) is 6.09. The molecule has 35 heavy (non-hydrogen) atoms. The predicted octanol–water partition coefficient (Wildman–Crippen LogP) is 4.57. The Kier molecular flexibility index (Phi) is 8.54. The summed E-state index contributed by atoms with van der Waals surface area (Å²) in [4.78, 5) is 41.0. The minimum atomic E-state index is -0.794. The number of carbonyl (C=O) groups excluding carboxylic acids is 3. The highest BCUT2D eigenvalue weighted by Crippen LogP contribution is 2.34. The Labute approximate surface area is 208 Å². The van der Waals surface area contributed by atoms with Crippen LogP contribution in [0.15, 0.2) is 48.5 Å². The van der Waals surface area contributed by atoms with Gasteiger partial charge in [-0.25, -0.2) is 4.79 Å². The molecule has 1 aliphatic rings. The van der Waals surface area contributed by atoms with Gasteiger partial charge < -0.3 is 20.3 Å². The molecule has 1 unspecified atom stereocenters. The summed E-state index contributed by atoms with van der Waals surface area (Å²) in [6.45, 7) is 9.39. The second-order valence-electron chi connectivity index (χ2n) is 10.2. The summed E-state index contributed by atoms with van der Waals surface area (Å²) in [5, 5.41) is 5.59. The van der Waals surface area contributed by atoms with Gasteiger partial charge in [0.15, 0.2) is 0 Å². The van der Waals surface area contributed by atoms with E-state index >= 15 is 0 Å². The largest absolute Gasteiger partial charge is 0.444 e. The van der Waals surface area contributed by atoms with Crippen LogP contribution in [0.25, 0.3) is 0 Å². The van der Waals surface area contributed by atoms with Crippen LogP contribution in [0.2, 0.25) is 0 Å². The Hall–Kier alpha value is -3.35. The molecule has 1 fully saturated rings. The number of rotatable bonds is 8. The fraction of sp³-hybridized carbons (Fsp3) is 0.464. The summed E-state index contributed by atoms with van der Waals surface area (Å²) < 4.78 is 5.28. The van der Waals surface area contributed by atoms with Crippen molar-refractivity contribution in [2.45, 2.75) is 78.1 Å². The molecule has 1 atom stereocenters. The Morgan fingerprint density at radius 1 is 1.03 bits per heavy atom. The van der Waals surface area contributed by atoms with Crippen LogP contribution >= 0.6 is 0 Å². The molecule has 0 spiro atoms. The number of alkyl carbamates (subject to hydrolysis) is 1. The van der Waals surface area contributed by atoms with E-state index in [1.165, 1.54) is 0 Å². The smallest absolute Gasteiger partial charge is 0.408 e. The topological polar surface area (TPSA) is 87.7 Å². The van der Waals surface area contributed by atoms with Gasteiger partial charge in [0.05, 0.1) is 0 Å². The van der Waals surface area contributed by atoms with Gasteiger partial charge in [-0.2, -0.15) is 0 Å². The third-order valence-corrected chi connectivity index (χ3v) is 6.09. The molecule has 7 nitrogen and oxygen atoms in total. The van der Waals surface area contributed by atoms with Crippen molar-refractivity contribution in [3.8, 4) is 0 Å². The number of aryl methyl sites for hydroxylation is 2. The van der Waals surface area contributed by atoms with Gasteiger partial charge in [0.2, 0.25) is 11.8 Å². The quantitative estimate of drug-likeness (QED) is 0.581. The van der Waals surface area contributed by atoms with Gasteiger partial charge in [-0.05, 0) is 70.6 Å². The molecule has 188 valence electrons. The molecule has 2 N–H and O–H groups in total. The van der Waals surface area contributed by atoms with E-state index in [0.29, 0.717) is 6.54 Å². The number of amides is 3. The molecule has 1 aliphatic carbocycles. The lowest BCUT2D eigenvalue weighted by Crippen LogP contribution is -2.54. The first-order valence-corrected chi connectivity index (χ1v) is 12.2. The first-order chi connectivity index (χ1) is 16.5. The molecule has 2 aromatic carbocycles. The molecule has 0 aromatic heterocycles. The van der Waals surface area contributed by atoms with Crippen LogP contribution < -0.4 is 10.6 Å². The highest BCUT2D eigenvalue weighted by Gasteiger charge is 2.39. The molecule has 0 saturated heterocycles. The van der Waals surface area contributed by atoms with Crippen molar-refractivity contribution >= 4 is 17.9 Å². The second kappa shape index (κ2) is 11.4. The maximum atomic E-state index is 13.7. The Balaban J connectivity index is 1.87. The van der Waals surface area contributed by atoms with Gasteiger partial charge in [0.25, 0.3) is 0 Å². The van der Waals surface area contributed by atoms with E-state index in [1.807, 2.05) is 62.4 Å². The van der Waals surface area contributed by atoms with Crippen molar-refractivity contribution in [1.29, 1.82) is 0 Å². The molecule has 0 bridgehead atoms. The third kappa shape index (κ3) is 7.31. The number of nitrogens with zero attached hydrogens (tertiary/aromatic N) is 1. The van der Waals surface area contributed by atoms with E-state index in [4.69, 9.17) is 4.74 Å². The first kappa shape index (κ1) is 26.3. The second-order valence-corrected chi connectivity index (χ2v) is 10.2. The van der Waals surface area contributed by atoms with Crippen molar-refractivity contribution in [3.05, 3.63) is 70.8 Å². The van der Waals surface area contributed by atoms with E-state index in [2.05, 4.69) is 10.6 Å². The molecule has 2 aromatic rings. The van der Waals surface area contributed by atoms with E-state index in [1.54, 1.807) is 25.7 Å². The summed E-state index contributed by atoms with van der Waals surface area (Å²) in [6, 6.07) is 14.7. The number of hydrogen-bond acceptors (Lipinski definition) is 4. The van der Waals surface area contributed by atoms with Crippen LogP contribution in [0, 0.1) is 13.8 Å². The average Bonchev–Trinajstić information content (AvgIpc) is 2.75. The molecule has 1 saturated carbocycles. The highest BCUT2D eigenvalue weighted by atomic mass is 16.6. The minimum absolute atomic E-state index is 0.0592. The minimum Gasteiger partial charge on any atom is -0.444 e. The molecule has 0 heterocycles. The van der Waals surface area contributed by atoms with Crippen molar-refractivity contribution in [3.63, 3.8) is 0 Å².